The normalized spacial score (nSPS) is 11.8. The molecule has 0 aromatic heterocycles. The van der Waals surface area contributed by atoms with Crippen LogP contribution in [0.2, 0.25) is 0 Å². The second-order valence-corrected chi connectivity index (χ2v) is 3.59. The molecule has 3 N–H and O–H groups in total. The van der Waals surface area contributed by atoms with Crippen molar-refractivity contribution < 1.29 is 33.5 Å². The molecule has 0 heterocycles. The third-order valence-corrected chi connectivity index (χ3v) is 2.27. The third-order valence-electron chi connectivity index (χ3n) is 2.27. The smallest absolute Gasteiger partial charge is 0.328 e. The van der Waals surface area contributed by atoms with Crippen molar-refractivity contribution in [3.05, 3.63) is 39.4 Å². The van der Waals surface area contributed by atoms with Crippen LogP contribution in [0.25, 0.3) is 0 Å². The first kappa shape index (κ1) is 15.4. The van der Waals surface area contributed by atoms with Crippen LogP contribution in [0.1, 0.15) is 10.4 Å². The molecule has 1 aromatic rings. The Kier molecular flexibility index (Phi) is 4.64. The lowest BCUT2D eigenvalue weighted by molar-refractivity contribution is -0.385. The van der Waals surface area contributed by atoms with E-state index in [0.717, 1.165) is 0 Å². The molecule has 0 radical (unpaired) electrons. The highest BCUT2D eigenvalue weighted by Crippen LogP contribution is 2.22. The number of hydrogen-bond donors (Lipinski definition) is 3. The number of benzene rings is 1. The minimum absolute atomic E-state index is 0.207. The van der Waals surface area contributed by atoms with Crippen molar-refractivity contribution >= 4 is 17.6 Å². The van der Waals surface area contributed by atoms with Gasteiger partial charge in [0.1, 0.15) is 5.56 Å². The van der Waals surface area contributed by atoms with Gasteiger partial charge in [0.25, 0.3) is 11.6 Å². The van der Waals surface area contributed by atoms with E-state index in [0.29, 0.717) is 0 Å². The van der Waals surface area contributed by atoms with Gasteiger partial charge in [-0.25, -0.2) is 13.6 Å². The summed E-state index contributed by atoms with van der Waals surface area (Å²) in [7, 11) is 0. The Morgan fingerprint density at radius 2 is 1.90 bits per heavy atom. The second-order valence-electron chi connectivity index (χ2n) is 3.59. The number of aliphatic carboxylic acids is 1. The maximum atomic E-state index is 13.0. The van der Waals surface area contributed by atoms with Gasteiger partial charge in [0.15, 0.2) is 17.7 Å². The molecule has 0 aliphatic carbocycles. The molecular weight excluding hydrogens is 282 g/mol. The van der Waals surface area contributed by atoms with Gasteiger partial charge in [0.05, 0.1) is 17.6 Å². The maximum absolute atomic E-state index is 13.0. The largest absolute Gasteiger partial charge is 0.480 e. The first-order chi connectivity index (χ1) is 9.27. The summed E-state index contributed by atoms with van der Waals surface area (Å²) in [6, 6.07) is -1.24. The van der Waals surface area contributed by atoms with Gasteiger partial charge in [0, 0.05) is 0 Å². The zero-order chi connectivity index (χ0) is 15.4. The molecule has 0 aliphatic heterocycles. The van der Waals surface area contributed by atoms with Gasteiger partial charge in [-0.1, -0.05) is 0 Å². The van der Waals surface area contributed by atoms with E-state index in [4.69, 9.17) is 10.2 Å². The summed E-state index contributed by atoms with van der Waals surface area (Å²) in [5.74, 6) is -5.94. The number of carbonyl (C=O) groups excluding carboxylic acids is 1. The molecule has 8 nitrogen and oxygen atoms in total. The Balaban J connectivity index is 3.18. The second kappa shape index (κ2) is 6.02. The first-order valence-corrected chi connectivity index (χ1v) is 5.06. The monoisotopic (exact) mass is 290 g/mol. The van der Waals surface area contributed by atoms with Crippen molar-refractivity contribution in [2.75, 3.05) is 6.61 Å². The molecule has 0 saturated carbocycles. The van der Waals surface area contributed by atoms with Gasteiger partial charge in [0.2, 0.25) is 0 Å². The van der Waals surface area contributed by atoms with Crippen molar-refractivity contribution in [2.45, 2.75) is 6.04 Å². The van der Waals surface area contributed by atoms with E-state index >= 15 is 0 Å². The van der Waals surface area contributed by atoms with Crippen LogP contribution in [-0.2, 0) is 4.79 Å². The summed E-state index contributed by atoms with van der Waals surface area (Å²) in [4.78, 5) is 31.8. The van der Waals surface area contributed by atoms with E-state index in [1.54, 1.807) is 5.32 Å². The van der Waals surface area contributed by atoms with E-state index in [2.05, 4.69) is 0 Å². The zero-order valence-electron chi connectivity index (χ0n) is 9.67. The van der Waals surface area contributed by atoms with Crippen LogP contribution in [0.15, 0.2) is 12.1 Å². The number of nitro benzene ring substituents is 1. The molecule has 20 heavy (non-hydrogen) atoms. The van der Waals surface area contributed by atoms with Crippen molar-refractivity contribution in [1.29, 1.82) is 0 Å². The fourth-order valence-electron chi connectivity index (χ4n) is 1.29. The van der Waals surface area contributed by atoms with E-state index < -0.39 is 52.3 Å². The lowest BCUT2D eigenvalue weighted by Gasteiger charge is -2.11. The standard InChI is InChI=1S/C10H8F2N2O6/c11-5-1-4(8(14(19)20)2-6(5)12)9(16)13-7(3-15)10(17)18/h1-2,7,15H,3H2,(H,13,16)(H,17,18). The van der Waals surface area contributed by atoms with Crippen LogP contribution in [0.4, 0.5) is 14.5 Å². The summed E-state index contributed by atoms with van der Waals surface area (Å²) in [5, 5.41) is 29.7. The minimum Gasteiger partial charge on any atom is -0.480 e. The number of amides is 1. The molecule has 0 bridgehead atoms. The quantitative estimate of drug-likeness (QED) is 0.519. The summed E-state index contributed by atoms with van der Waals surface area (Å²) in [5.41, 5.74) is -1.88. The number of hydrogen-bond acceptors (Lipinski definition) is 5. The fraction of sp³-hybridized carbons (Fsp3) is 0.200. The molecule has 1 aromatic carbocycles. The number of aliphatic hydroxyl groups excluding tert-OH is 1. The van der Waals surface area contributed by atoms with Crippen molar-refractivity contribution in [1.82, 2.24) is 5.32 Å². The topological polar surface area (TPSA) is 130 Å². The summed E-state index contributed by atoms with van der Waals surface area (Å²) in [6.07, 6.45) is 0. The molecule has 10 heteroatoms. The van der Waals surface area contributed by atoms with E-state index in [-0.39, 0.29) is 12.1 Å². The average molecular weight is 290 g/mol. The van der Waals surface area contributed by atoms with Crippen LogP contribution in [0.3, 0.4) is 0 Å². The number of aliphatic hydroxyl groups is 1. The van der Waals surface area contributed by atoms with Crippen molar-refractivity contribution in [2.24, 2.45) is 0 Å². The van der Waals surface area contributed by atoms with Gasteiger partial charge < -0.3 is 15.5 Å². The number of rotatable bonds is 5. The number of nitro groups is 1. The highest BCUT2D eigenvalue weighted by molar-refractivity contribution is 6.00. The number of nitrogens with one attached hydrogen (secondary N) is 1. The predicted molar refractivity (Wildman–Crippen MR) is 59.0 cm³/mol. The predicted octanol–water partition coefficient (Wildman–Crippen LogP) is 0.0483. The molecule has 0 spiro atoms. The number of nitrogens with zero attached hydrogens (tertiary/aromatic N) is 1. The third kappa shape index (κ3) is 3.23. The highest BCUT2D eigenvalue weighted by Gasteiger charge is 2.27. The summed E-state index contributed by atoms with van der Waals surface area (Å²) < 4.78 is 25.9. The lowest BCUT2D eigenvalue weighted by atomic mass is 10.1. The number of halogens is 2. The van der Waals surface area contributed by atoms with Crippen LogP contribution in [0.5, 0.6) is 0 Å². The minimum atomic E-state index is -1.73. The van der Waals surface area contributed by atoms with Gasteiger partial charge in [-0.15, -0.1) is 0 Å². The van der Waals surface area contributed by atoms with Gasteiger partial charge >= 0.3 is 5.97 Å². The van der Waals surface area contributed by atoms with E-state index in [1.807, 2.05) is 0 Å². The Labute approximate surface area is 109 Å². The first-order valence-electron chi connectivity index (χ1n) is 5.06. The summed E-state index contributed by atoms with van der Waals surface area (Å²) in [6.45, 7) is -0.974. The van der Waals surface area contributed by atoms with Gasteiger partial charge in [-0.2, -0.15) is 0 Å². The molecule has 0 fully saturated rings. The summed E-state index contributed by atoms with van der Waals surface area (Å²) >= 11 is 0. The molecule has 1 amide bonds. The van der Waals surface area contributed by atoms with Gasteiger partial charge in [-0.05, 0) is 6.07 Å². The SMILES string of the molecule is O=C(NC(CO)C(=O)O)c1cc(F)c(F)cc1[N+](=O)[O-]. The maximum Gasteiger partial charge on any atom is 0.328 e. The Morgan fingerprint density at radius 1 is 1.35 bits per heavy atom. The van der Waals surface area contributed by atoms with E-state index in [1.165, 1.54) is 0 Å². The Bertz CT molecular complexity index is 577. The molecule has 1 atom stereocenters. The Morgan fingerprint density at radius 3 is 2.35 bits per heavy atom. The van der Waals surface area contributed by atoms with E-state index in [9.17, 15) is 28.5 Å². The average Bonchev–Trinajstić information content (AvgIpc) is 2.37. The molecule has 108 valence electrons. The molecular formula is C10H8F2N2O6. The van der Waals surface area contributed by atoms with Crippen LogP contribution < -0.4 is 5.32 Å². The number of carbonyl (C=O) groups is 2. The number of carboxylic acids is 1. The molecule has 0 aliphatic rings. The van der Waals surface area contributed by atoms with Gasteiger partial charge in [-0.3, -0.25) is 14.9 Å². The molecule has 0 saturated heterocycles. The molecule has 1 rings (SSSR count). The number of carboxylic acid groups (broad SMARTS) is 1. The van der Waals surface area contributed by atoms with Crippen molar-refractivity contribution in [3.63, 3.8) is 0 Å². The van der Waals surface area contributed by atoms with Crippen molar-refractivity contribution in [3.8, 4) is 0 Å². The fourth-order valence-corrected chi connectivity index (χ4v) is 1.29. The Hall–Kier alpha value is -2.62. The zero-order valence-corrected chi connectivity index (χ0v) is 9.67. The lowest BCUT2D eigenvalue weighted by Crippen LogP contribution is -2.43. The van der Waals surface area contributed by atoms with Crippen LogP contribution in [-0.4, -0.2) is 39.7 Å². The van der Waals surface area contributed by atoms with Crippen LogP contribution in [0, 0.1) is 21.7 Å². The van der Waals surface area contributed by atoms with Crippen LogP contribution >= 0.6 is 0 Å². The highest BCUT2D eigenvalue weighted by atomic mass is 19.2. The molecule has 1 unspecified atom stereocenters.